The van der Waals surface area contributed by atoms with E-state index in [-0.39, 0.29) is 69.8 Å². The number of para-hydroxylation sites is 1. The molecular weight excluding hydrogens is 678 g/mol. The Balaban J connectivity index is 1.14. The van der Waals surface area contributed by atoms with Gasteiger partial charge in [-0.1, -0.05) is 45.5 Å². The van der Waals surface area contributed by atoms with Crippen molar-refractivity contribution in [3.05, 3.63) is 97.4 Å². The van der Waals surface area contributed by atoms with Crippen LogP contribution in [0, 0.1) is 29.6 Å². The van der Waals surface area contributed by atoms with Gasteiger partial charge in [0.25, 0.3) is 5.91 Å². The number of anilines is 2. The molecule has 12 heteroatoms. The number of benzene rings is 3. The molecule has 1 saturated heterocycles. The number of aromatic amines is 1. The summed E-state index contributed by atoms with van der Waals surface area (Å²) in [7, 11) is 0. The van der Waals surface area contributed by atoms with Gasteiger partial charge in [-0.05, 0) is 78.8 Å². The van der Waals surface area contributed by atoms with Crippen LogP contribution in [-0.2, 0) is 14.4 Å². The molecule has 2 saturated carbocycles. The van der Waals surface area contributed by atoms with E-state index in [9.17, 15) is 24.3 Å². The maximum Gasteiger partial charge on any atom is 0.305 e. The third-order valence-electron chi connectivity index (χ3n) is 9.56. The van der Waals surface area contributed by atoms with E-state index in [4.69, 9.17) is 4.74 Å². The first-order chi connectivity index (χ1) is 21.8. The highest BCUT2D eigenvalue weighted by Gasteiger charge is 2.69. The first-order valence-corrected chi connectivity index (χ1v) is 17.1. The molecule has 3 aromatic carbocycles. The highest BCUT2D eigenvalue weighted by molar-refractivity contribution is 9.10. The summed E-state index contributed by atoms with van der Waals surface area (Å²) in [6.07, 6.45) is 0.771. The number of phenols is 1. The van der Waals surface area contributed by atoms with Crippen LogP contribution in [0.3, 0.4) is 0 Å². The van der Waals surface area contributed by atoms with Crippen LogP contribution in [0.2, 0.25) is 0 Å². The molecule has 4 aliphatic rings. The number of thioether (sulfide) groups is 1. The SMILES string of the molecule is O=C(COc1ccc(Br)cc1[C@@H]1c2sc(=O)[nH]c2S[C@@H]2[C@@H]3C[C@@H]([C@@H]4C(=O)N(c5ccccc5)C(=O)[C@@H]34)[C@H]12)Nc1ccc(O)cc1. The summed E-state index contributed by atoms with van der Waals surface area (Å²) in [5.41, 5.74) is 1.96. The molecule has 4 aromatic rings. The van der Waals surface area contributed by atoms with Crippen molar-refractivity contribution in [1.82, 2.24) is 4.98 Å². The number of phenolic OH excluding ortho intramolecular Hbond substituents is 1. The topological polar surface area (TPSA) is 129 Å². The largest absolute Gasteiger partial charge is 0.508 e. The maximum atomic E-state index is 14.0. The first kappa shape index (κ1) is 28.6. The molecule has 3 fully saturated rings. The molecule has 3 N–H and O–H groups in total. The minimum absolute atomic E-state index is 0.00757. The molecule has 3 heterocycles. The van der Waals surface area contributed by atoms with Gasteiger partial charge in [0, 0.05) is 31.8 Å². The van der Waals surface area contributed by atoms with E-state index < -0.39 is 5.92 Å². The van der Waals surface area contributed by atoms with Crippen LogP contribution in [-0.4, -0.2) is 39.7 Å². The summed E-state index contributed by atoms with van der Waals surface area (Å²) in [4.78, 5) is 58.5. The Bertz CT molecular complexity index is 1910. The Labute approximate surface area is 274 Å². The summed E-state index contributed by atoms with van der Waals surface area (Å²) in [5.74, 6) is -1.18. The Kier molecular flexibility index (Phi) is 6.92. The van der Waals surface area contributed by atoms with Crippen LogP contribution in [0.15, 0.2) is 87.1 Å². The smallest absolute Gasteiger partial charge is 0.305 e. The average Bonchev–Trinajstić information content (AvgIpc) is 3.77. The number of hydrogen-bond donors (Lipinski definition) is 3. The molecule has 2 aliphatic carbocycles. The monoisotopic (exact) mass is 703 g/mol. The number of nitrogens with one attached hydrogen (secondary N) is 2. The predicted octanol–water partition coefficient (Wildman–Crippen LogP) is 5.60. The number of halogens is 1. The number of H-pyrrole nitrogens is 1. The molecule has 8 rings (SSSR count). The Morgan fingerprint density at radius 1 is 1.00 bits per heavy atom. The van der Waals surface area contributed by atoms with Gasteiger partial charge in [0.15, 0.2) is 6.61 Å². The van der Waals surface area contributed by atoms with Crippen molar-refractivity contribution in [1.29, 1.82) is 0 Å². The van der Waals surface area contributed by atoms with Crippen molar-refractivity contribution in [2.24, 2.45) is 29.6 Å². The molecule has 228 valence electrons. The van der Waals surface area contributed by atoms with Crippen molar-refractivity contribution in [3.8, 4) is 11.5 Å². The lowest BCUT2D eigenvalue weighted by Crippen LogP contribution is -2.42. The molecule has 1 aromatic heterocycles. The second-order valence-corrected chi connectivity index (χ2v) is 15.0. The van der Waals surface area contributed by atoms with Crippen LogP contribution in [0.1, 0.15) is 22.8 Å². The van der Waals surface area contributed by atoms with E-state index in [0.29, 0.717) is 17.1 Å². The number of amides is 3. The van der Waals surface area contributed by atoms with Crippen LogP contribution in [0.25, 0.3) is 0 Å². The van der Waals surface area contributed by atoms with Crippen LogP contribution in [0.5, 0.6) is 11.5 Å². The number of rotatable bonds is 6. The average molecular weight is 705 g/mol. The number of thiazole rings is 1. The summed E-state index contributed by atoms with van der Waals surface area (Å²) in [5, 5.41) is 13.1. The van der Waals surface area contributed by atoms with Crippen molar-refractivity contribution < 1.29 is 24.2 Å². The van der Waals surface area contributed by atoms with E-state index in [2.05, 4.69) is 26.2 Å². The van der Waals surface area contributed by atoms with Gasteiger partial charge in [0.1, 0.15) is 11.5 Å². The Morgan fingerprint density at radius 3 is 2.49 bits per heavy atom. The third kappa shape index (κ3) is 4.64. The van der Waals surface area contributed by atoms with Gasteiger partial charge < -0.3 is 20.1 Å². The fraction of sp³-hybridized carbons (Fsp3) is 0.273. The van der Waals surface area contributed by atoms with E-state index in [1.165, 1.54) is 28.4 Å². The summed E-state index contributed by atoms with van der Waals surface area (Å²) < 4.78 is 6.97. The van der Waals surface area contributed by atoms with E-state index >= 15 is 0 Å². The summed E-state index contributed by atoms with van der Waals surface area (Å²) in [6.45, 7) is -0.253. The maximum absolute atomic E-state index is 14.0. The van der Waals surface area contributed by atoms with Crippen molar-refractivity contribution in [3.63, 3.8) is 0 Å². The Morgan fingerprint density at radius 2 is 1.73 bits per heavy atom. The predicted molar refractivity (Wildman–Crippen MR) is 174 cm³/mol. The lowest BCUT2D eigenvalue weighted by atomic mass is 9.68. The van der Waals surface area contributed by atoms with Crippen molar-refractivity contribution >= 4 is 68.1 Å². The van der Waals surface area contributed by atoms with E-state index in [1.54, 1.807) is 36.0 Å². The zero-order valence-corrected chi connectivity index (χ0v) is 26.7. The lowest BCUT2D eigenvalue weighted by Gasteiger charge is -2.43. The molecule has 7 atom stereocenters. The van der Waals surface area contributed by atoms with E-state index in [0.717, 1.165) is 26.4 Å². The van der Waals surface area contributed by atoms with Gasteiger partial charge in [0.2, 0.25) is 11.8 Å². The van der Waals surface area contributed by atoms with E-state index in [1.807, 2.05) is 36.4 Å². The van der Waals surface area contributed by atoms with Crippen LogP contribution in [0.4, 0.5) is 11.4 Å². The molecule has 0 radical (unpaired) electrons. The minimum Gasteiger partial charge on any atom is -0.508 e. The second-order valence-electron chi connectivity index (χ2n) is 11.9. The first-order valence-electron chi connectivity index (χ1n) is 14.6. The number of carbonyl (C=O) groups excluding carboxylic acids is 3. The lowest BCUT2D eigenvalue weighted by molar-refractivity contribution is -0.123. The summed E-state index contributed by atoms with van der Waals surface area (Å²) in [6, 6.07) is 20.9. The van der Waals surface area contributed by atoms with Gasteiger partial charge in [-0.2, -0.15) is 0 Å². The molecule has 2 bridgehead atoms. The molecule has 45 heavy (non-hydrogen) atoms. The fourth-order valence-electron chi connectivity index (χ4n) is 7.98. The number of aromatic hydroxyl groups is 1. The molecule has 3 amide bonds. The number of fused-ring (bicyclic) bond motifs is 9. The number of hydrogen-bond acceptors (Lipinski definition) is 8. The van der Waals surface area contributed by atoms with Crippen LogP contribution >= 0.6 is 39.0 Å². The number of imide groups is 1. The molecule has 0 spiro atoms. The summed E-state index contributed by atoms with van der Waals surface area (Å²) >= 11 is 6.41. The van der Waals surface area contributed by atoms with Crippen molar-refractivity contribution in [2.45, 2.75) is 22.6 Å². The second kappa shape index (κ2) is 10.9. The zero-order valence-electron chi connectivity index (χ0n) is 23.5. The standard InChI is InChI=1S/C33H26BrN3O6S2/c34-15-6-11-22(43-14-23(39)35-16-7-9-18(38)10-8-16)19(12-15)24-25-20-13-21(28(25)44-30-29(24)45-33(42)36-30)27-26(20)31(40)37(32(27)41)17-4-2-1-3-5-17/h1-12,20-21,24-28,38H,13-14H2,(H,35,39)(H,36,42)/t20-,21-,24+,25-,26+,27+,28-/m1/s1. The number of ether oxygens (including phenoxy) is 1. The highest BCUT2D eigenvalue weighted by Crippen LogP contribution is 2.69. The van der Waals surface area contributed by atoms with Gasteiger partial charge in [-0.3, -0.25) is 24.1 Å². The van der Waals surface area contributed by atoms with Gasteiger partial charge in [-0.25, -0.2) is 0 Å². The zero-order chi connectivity index (χ0) is 31.0. The molecular formula is C33H26BrN3O6S2. The number of nitrogens with zero attached hydrogens (tertiary/aromatic N) is 1. The van der Waals surface area contributed by atoms with Crippen molar-refractivity contribution in [2.75, 3.05) is 16.8 Å². The fourth-order valence-corrected chi connectivity index (χ4v) is 11.2. The third-order valence-corrected chi connectivity index (χ3v) is 12.6. The quantitative estimate of drug-likeness (QED) is 0.176. The minimum atomic E-state index is -0.420. The molecule has 0 unspecified atom stereocenters. The number of carbonyl (C=O) groups is 3. The molecule has 9 nitrogen and oxygen atoms in total. The van der Waals surface area contributed by atoms with Gasteiger partial charge in [0.05, 0.1) is 22.5 Å². The number of aromatic nitrogens is 1. The van der Waals surface area contributed by atoms with Gasteiger partial charge in [-0.15, -0.1) is 11.8 Å². The van der Waals surface area contributed by atoms with Gasteiger partial charge >= 0.3 is 4.87 Å². The van der Waals surface area contributed by atoms with Crippen LogP contribution < -0.4 is 19.8 Å². The Hall–Kier alpha value is -3.87. The normalized spacial score (nSPS) is 27.7. The molecule has 2 aliphatic heterocycles. The highest BCUT2D eigenvalue weighted by atomic mass is 79.9.